The van der Waals surface area contributed by atoms with Crippen LogP contribution in [0.4, 0.5) is 0 Å². The van der Waals surface area contributed by atoms with E-state index in [1.54, 1.807) is 27.7 Å². The van der Waals surface area contributed by atoms with Gasteiger partial charge in [-0.15, -0.1) is 12.4 Å². The molecule has 0 bridgehead atoms. The van der Waals surface area contributed by atoms with Crippen molar-refractivity contribution in [3.8, 4) is 0 Å². The first-order chi connectivity index (χ1) is 6.25. The van der Waals surface area contributed by atoms with E-state index in [2.05, 4.69) is 4.98 Å². The van der Waals surface area contributed by atoms with Crippen molar-refractivity contribution in [3.63, 3.8) is 0 Å². The lowest BCUT2D eigenvalue weighted by molar-refractivity contribution is 0.366. The highest BCUT2D eigenvalue weighted by Crippen LogP contribution is 2.10. The van der Waals surface area contributed by atoms with Gasteiger partial charge in [0.2, 0.25) is 0 Å². The molecular weight excluding hydrogens is 255 g/mol. The van der Waals surface area contributed by atoms with Gasteiger partial charge in [-0.3, -0.25) is 9.36 Å². The van der Waals surface area contributed by atoms with Crippen molar-refractivity contribution in [1.82, 2.24) is 9.55 Å². The summed E-state index contributed by atoms with van der Waals surface area (Å²) in [6, 6.07) is 0. The van der Waals surface area contributed by atoms with Crippen LogP contribution in [0.25, 0.3) is 0 Å². The molecule has 1 rings (SSSR count). The van der Waals surface area contributed by atoms with Gasteiger partial charge in [-0.1, -0.05) is 11.6 Å². The minimum absolute atomic E-state index is 0. The maximum Gasteiger partial charge on any atom is 0.329 e. The summed E-state index contributed by atoms with van der Waals surface area (Å²) in [5.74, 6) is 0. The highest BCUT2D eigenvalue weighted by molar-refractivity contribution is 6.30. The normalized spacial score (nSPS) is 10.3. The van der Waals surface area contributed by atoms with Crippen LogP contribution in [0, 0.1) is 6.92 Å². The summed E-state index contributed by atoms with van der Waals surface area (Å²) in [6.07, 6.45) is 0. The molecule has 1 aromatic heterocycles. The van der Waals surface area contributed by atoms with Gasteiger partial charge >= 0.3 is 5.69 Å². The number of nitrogens with one attached hydrogen (secondary N) is 1. The van der Waals surface area contributed by atoms with Gasteiger partial charge < -0.3 is 10.5 Å². The second-order valence-corrected chi connectivity index (χ2v) is 4.56. The molecule has 94 valence electrons. The topological polar surface area (TPSA) is 86.4 Å². The lowest BCUT2D eigenvalue weighted by atomic mass is 10.1. The van der Waals surface area contributed by atoms with E-state index in [4.69, 9.17) is 11.6 Å². The molecule has 5 nitrogen and oxygen atoms in total. The summed E-state index contributed by atoms with van der Waals surface area (Å²) >= 11 is 5.76. The van der Waals surface area contributed by atoms with Crippen LogP contribution in [0.1, 0.15) is 26.5 Å². The molecule has 0 aliphatic rings. The number of aromatic amines is 1. The standard InChI is InChI=1S/C9H13ClN2O2.ClH.H2O/c1-5-6(10)7(13)12(8(14)11-5)9(2,3)4;;/h1-4H3,(H,11,14);1H;1H2. The fourth-order valence-corrected chi connectivity index (χ4v) is 1.36. The van der Waals surface area contributed by atoms with E-state index in [-0.39, 0.29) is 22.9 Å². The average Bonchev–Trinajstić information content (AvgIpc) is 1.97. The first-order valence-electron chi connectivity index (χ1n) is 4.27. The van der Waals surface area contributed by atoms with Crippen molar-refractivity contribution in [2.75, 3.05) is 0 Å². The van der Waals surface area contributed by atoms with Crippen LogP contribution in [0.5, 0.6) is 0 Å². The van der Waals surface area contributed by atoms with Gasteiger partial charge in [-0.2, -0.15) is 0 Å². The van der Waals surface area contributed by atoms with E-state index in [9.17, 15) is 9.59 Å². The summed E-state index contributed by atoms with van der Waals surface area (Å²) in [5, 5.41) is 0.0690. The molecule has 16 heavy (non-hydrogen) atoms. The quantitative estimate of drug-likeness (QED) is 0.758. The third-order valence-corrected chi connectivity index (χ3v) is 2.33. The predicted molar refractivity (Wildman–Crippen MR) is 66.9 cm³/mol. The molecule has 1 aromatic rings. The summed E-state index contributed by atoms with van der Waals surface area (Å²) in [4.78, 5) is 25.7. The first kappa shape index (κ1) is 17.6. The molecule has 0 saturated heterocycles. The third-order valence-electron chi connectivity index (χ3n) is 1.89. The molecule has 0 aromatic carbocycles. The summed E-state index contributed by atoms with van der Waals surface area (Å²) in [7, 11) is 0. The molecular formula is C9H16Cl2N2O3. The van der Waals surface area contributed by atoms with E-state index in [1.807, 2.05) is 0 Å². The maximum absolute atomic E-state index is 11.7. The Morgan fingerprint density at radius 2 is 1.69 bits per heavy atom. The van der Waals surface area contributed by atoms with E-state index < -0.39 is 16.8 Å². The Morgan fingerprint density at radius 3 is 2.06 bits per heavy atom. The van der Waals surface area contributed by atoms with Gasteiger partial charge in [0, 0.05) is 11.2 Å². The van der Waals surface area contributed by atoms with E-state index in [0.29, 0.717) is 5.69 Å². The summed E-state index contributed by atoms with van der Waals surface area (Å²) in [5.41, 5.74) is -1.03. The molecule has 0 atom stereocenters. The number of rotatable bonds is 0. The zero-order chi connectivity index (χ0) is 11.1. The van der Waals surface area contributed by atoms with Crippen LogP contribution in [0.3, 0.4) is 0 Å². The number of nitrogens with zero attached hydrogens (tertiary/aromatic N) is 1. The predicted octanol–water partition coefficient (Wildman–Crippen LogP) is 0.851. The van der Waals surface area contributed by atoms with Gasteiger partial charge in [0.15, 0.2) is 0 Å². The fraction of sp³-hybridized carbons (Fsp3) is 0.556. The molecule has 7 heteroatoms. The van der Waals surface area contributed by atoms with Gasteiger partial charge in [0.25, 0.3) is 5.56 Å². The molecule has 3 N–H and O–H groups in total. The Labute approximate surface area is 104 Å². The monoisotopic (exact) mass is 270 g/mol. The van der Waals surface area contributed by atoms with Crippen LogP contribution in [0.15, 0.2) is 9.59 Å². The smallest absolute Gasteiger partial charge is 0.329 e. The lowest BCUT2D eigenvalue weighted by Crippen LogP contribution is -2.45. The maximum atomic E-state index is 11.7. The van der Waals surface area contributed by atoms with Crippen molar-refractivity contribution in [2.24, 2.45) is 0 Å². The minimum Gasteiger partial charge on any atom is -0.412 e. The molecule has 0 fully saturated rings. The fourth-order valence-electron chi connectivity index (χ4n) is 1.23. The number of aromatic nitrogens is 2. The summed E-state index contributed by atoms with van der Waals surface area (Å²) in [6.45, 7) is 6.91. The molecule has 0 saturated carbocycles. The van der Waals surface area contributed by atoms with Crippen LogP contribution in [0.2, 0.25) is 5.02 Å². The van der Waals surface area contributed by atoms with E-state index in [1.165, 1.54) is 0 Å². The molecule has 0 radical (unpaired) electrons. The van der Waals surface area contributed by atoms with Gasteiger partial charge in [-0.05, 0) is 27.7 Å². The Kier molecular flexibility index (Phi) is 6.07. The van der Waals surface area contributed by atoms with Gasteiger partial charge in [0.1, 0.15) is 5.02 Å². The van der Waals surface area contributed by atoms with Crippen molar-refractivity contribution >= 4 is 24.0 Å². The Bertz CT molecular complexity index is 471. The Balaban J connectivity index is 0. The highest BCUT2D eigenvalue weighted by Gasteiger charge is 2.20. The second-order valence-electron chi connectivity index (χ2n) is 4.18. The number of H-pyrrole nitrogens is 1. The second kappa shape index (κ2) is 5.52. The summed E-state index contributed by atoms with van der Waals surface area (Å²) < 4.78 is 1.11. The molecule has 0 spiro atoms. The number of hydrogen-bond acceptors (Lipinski definition) is 2. The molecule has 0 aliphatic carbocycles. The van der Waals surface area contributed by atoms with E-state index >= 15 is 0 Å². The van der Waals surface area contributed by atoms with Gasteiger partial charge in [0.05, 0.1) is 0 Å². The van der Waals surface area contributed by atoms with Crippen LogP contribution in [-0.2, 0) is 5.54 Å². The van der Waals surface area contributed by atoms with Crippen molar-refractivity contribution in [1.29, 1.82) is 0 Å². The first-order valence-corrected chi connectivity index (χ1v) is 4.65. The molecule has 0 aliphatic heterocycles. The number of hydrogen-bond donors (Lipinski definition) is 1. The highest BCUT2D eigenvalue weighted by atomic mass is 35.5. The third kappa shape index (κ3) is 3.10. The zero-order valence-corrected chi connectivity index (χ0v) is 11.1. The molecule has 0 amide bonds. The molecule has 1 heterocycles. The average molecular weight is 271 g/mol. The SMILES string of the molecule is Cc1[nH]c(=O)n(C(C)(C)C)c(=O)c1Cl.Cl.O. The zero-order valence-electron chi connectivity index (χ0n) is 9.55. The minimum atomic E-state index is -0.567. The van der Waals surface area contributed by atoms with Crippen LogP contribution < -0.4 is 11.2 Å². The van der Waals surface area contributed by atoms with Crippen LogP contribution in [-0.4, -0.2) is 15.0 Å². The molecule has 0 unspecified atom stereocenters. The van der Waals surface area contributed by atoms with Crippen molar-refractivity contribution in [2.45, 2.75) is 33.2 Å². The Hall–Kier alpha value is -0.780. The largest absolute Gasteiger partial charge is 0.412 e. The van der Waals surface area contributed by atoms with Crippen molar-refractivity contribution in [3.05, 3.63) is 31.6 Å². The van der Waals surface area contributed by atoms with E-state index in [0.717, 1.165) is 4.57 Å². The van der Waals surface area contributed by atoms with Crippen molar-refractivity contribution < 1.29 is 5.48 Å². The van der Waals surface area contributed by atoms with Gasteiger partial charge in [-0.25, -0.2) is 4.79 Å². The Morgan fingerprint density at radius 1 is 1.25 bits per heavy atom. The van der Waals surface area contributed by atoms with Crippen LogP contribution >= 0.6 is 24.0 Å². The number of aryl methyl sites for hydroxylation is 1. The lowest BCUT2D eigenvalue weighted by Gasteiger charge is -2.21. The number of halogens is 2.